The Hall–Kier alpha value is -3.41. The minimum absolute atomic E-state index is 0.0272. The molecule has 1 saturated heterocycles. The molecule has 4 atom stereocenters. The van der Waals surface area contributed by atoms with E-state index in [0.717, 1.165) is 18.4 Å². The van der Waals surface area contributed by atoms with E-state index in [4.69, 9.17) is 14.2 Å². The molecule has 0 radical (unpaired) electrons. The van der Waals surface area contributed by atoms with Gasteiger partial charge in [0.2, 0.25) is 5.91 Å². The number of amides is 2. The summed E-state index contributed by atoms with van der Waals surface area (Å²) in [5.41, 5.74) is 1.60. The van der Waals surface area contributed by atoms with Crippen LogP contribution in [0.1, 0.15) is 53.1 Å². The predicted octanol–water partition coefficient (Wildman–Crippen LogP) is 3.61. The molecular weight excluding hydrogens is 470 g/mol. The summed E-state index contributed by atoms with van der Waals surface area (Å²) in [4.78, 5) is 30.2. The molecule has 0 saturated carbocycles. The van der Waals surface area contributed by atoms with E-state index < -0.39 is 0 Å². The first-order valence-corrected chi connectivity index (χ1v) is 12.8. The molecule has 2 amide bonds. The van der Waals surface area contributed by atoms with E-state index in [0.29, 0.717) is 25.1 Å². The number of nitrogens with zero attached hydrogens (tertiary/aromatic N) is 3. The highest BCUT2D eigenvalue weighted by atomic mass is 16.6. The first kappa shape index (κ1) is 26.6. The molecule has 37 heavy (non-hydrogen) atoms. The maximum atomic E-state index is 13.6. The summed E-state index contributed by atoms with van der Waals surface area (Å²) in [6.45, 7) is 1.07. The van der Waals surface area contributed by atoms with Crippen LogP contribution in [-0.2, 0) is 14.3 Å². The molecule has 2 aromatic rings. The van der Waals surface area contributed by atoms with Crippen molar-refractivity contribution in [1.82, 2.24) is 9.80 Å². The lowest BCUT2D eigenvalue weighted by molar-refractivity contribution is -0.145. The Morgan fingerprint density at radius 3 is 2.51 bits per heavy atom. The number of hydrogen-bond donors (Lipinski definition) is 0. The molecule has 2 aliphatic heterocycles. The fraction of sp³-hybridized carbons (Fsp3) is 0.483. The van der Waals surface area contributed by atoms with Crippen LogP contribution in [0.3, 0.4) is 0 Å². The van der Waals surface area contributed by atoms with Crippen LogP contribution in [0.2, 0.25) is 0 Å². The number of nitriles is 1. The van der Waals surface area contributed by atoms with Crippen molar-refractivity contribution in [3.63, 3.8) is 0 Å². The molecule has 0 N–H and O–H groups in total. The zero-order valence-electron chi connectivity index (χ0n) is 21.8. The number of likely N-dealkylation sites (N-methyl/N-ethyl adjacent to an activating group) is 1. The Morgan fingerprint density at radius 2 is 1.78 bits per heavy atom. The van der Waals surface area contributed by atoms with Gasteiger partial charge in [-0.2, -0.15) is 5.26 Å². The maximum absolute atomic E-state index is 13.6. The van der Waals surface area contributed by atoms with E-state index in [9.17, 15) is 14.9 Å². The van der Waals surface area contributed by atoms with Gasteiger partial charge >= 0.3 is 0 Å². The number of rotatable bonds is 2. The first-order chi connectivity index (χ1) is 17.9. The van der Waals surface area contributed by atoms with E-state index in [-0.39, 0.29) is 60.4 Å². The fourth-order valence-electron chi connectivity index (χ4n) is 5.14. The second-order valence-electron chi connectivity index (χ2n) is 9.85. The molecule has 2 aliphatic rings. The van der Waals surface area contributed by atoms with Crippen molar-refractivity contribution in [2.75, 3.05) is 40.9 Å². The summed E-state index contributed by atoms with van der Waals surface area (Å²) in [5, 5.41) is 9.75. The van der Waals surface area contributed by atoms with Crippen molar-refractivity contribution < 1.29 is 23.8 Å². The van der Waals surface area contributed by atoms with Crippen molar-refractivity contribution in [2.24, 2.45) is 0 Å². The van der Waals surface area contributed by atoms with Crippen LogP contribution in [0.5, 0.6) is 5.75 Å². The number of benzene rings is 2. The Bertz CT molecular complexity index is 1130. The average molecular weight is 506 g/mol. The SMILES string of the molecule is CO[C@H]1CC[C@@H]2CCN(C)C(=O)C[C@@H](c3ccccc3)CN(C)C(=O)c3cccc(C#N)c3OC[C@H]1O2. The zero-order chi connectivity index (χ0) is 26.4. The molecule has 2 heterocycles. The smallest absolute Gasteiger partial charge is 0.257 e. The third-order valence-corrected chi connectivity index (χ3v) is 7.36. The number of fused-ring (bicyclic) bond motifs is 3. The zero-order valence-corrected chi connectivity index (χ0v) is 21.8. The van der Waals surface area contributed by atoms with E-state index in [1.54, 1.807) is 42.2 Å². The summed E-state index contributed by atoms with van der Waals surface area (Å²) in [5.74, 6) is -0.174. The monoisotopic (exact) mass is 505 g/mol. The molecule has 0 unspecified atom stereocenters. The van der Waals surface area contributed by atoms with Gasteiger partial charge in [-0.1, -0.05) is 36.4 Å². The van der Waals surface area contributed by atoms with Crippen LogP contribution in [0.4, 0.5) is 0 Å². The minimum Gasteiger partial charge on any atom is -0.489 e. The van der Waals surface area contributed by atoms with Gasteiger partial charge in [-0.25, -0.2) is 0 Å². The molecule has 4 rings (SSSR count). The van der Waals surface area contributed by atoms with Gasteiger partial charge in [0, 0.05) is 46.6 Å². The Kier molecular flexibility index (Phi) is 8.80. The highest BCUT2D eigenvalue weighted by molar-refractivity contribution is 5.97. The highest BCUT2D eigenvalue weighted by Gasteiger charge is 2.33. The number of para-hydroxylation sites is 1. The van der Waals surface area contributed by atoms with E-state index in [1.165, 1.54) is 0 Å². The van der Waals surface area contributed by atoms with Crippen LogP contribution < -0.4 is 4.74 Å². The topological polar surface area (TPSA) is 92.1 Å². The molecular formula is C29H35N3O5. The summed E-state index contributed by atoms with van der Waals surface area (Å²) in [6, 6.07) is 16.9. The molecule has 196 valence electrons. The van der Waals surface area contributed by atoms with Gasteiger partial charge in [0.1, 0.15) is 24.5 Å². The lowest BCUT2D eigenvalue weighted by atomic mass is 9.94. The number of methoxy groups -OCH3 is 1. The normalized spacial score (nSPS) is 25.7. The number of carbonyl (C=O) groups excluding carboxylic acids is 2. The fourth-order valence-corrected chi connectivity index (χ4v) is 5.14. The summed E-state index contributed by atoms with van der Waals surface area (Å²) < 4.78 is 18.1. The number of ether oxygens (including phenoxy) is 3. The van der Waals surface area contributed by atoms with E-state index >= 15 is 0 Å². The maximum Gasteiger partial charge on any atom is 0.257 e. The molecule has 8 nitrogen and oxygen atoms in total. The Balaban J connectivity index is 1.70. The molecule has 0 aromatic heterocycles. The average Bonchev–Trinajstić information content (AvgIpc) is 2.93. The first-order valence-electron chi connectivity index (χ1n) is 12.8. The van der Waals surface area contributed by atoms with Crippen LogP contribution in [0.15, 0.2) is 48.5 Å². The van der Waals surface area contributed by atoms with Gasteiger partial charge in [0.15, 0.2) is 0 Å². The molecule has 8 heteroatoms. The molecule has 2 bridgehead atoms. The minimum atomic E-state index is -0.354. The second-order valence-corrected chi connectivity index (χ2v) is 9.85. The summed E-state index contributed by atoms with van der Waals surface area (Å²) in [7, 11) is 5.19. The second kappa shape index (κ2) is 12.2. The largest absolute Gasteiger partial charge is 0.489 e. The Morgan fingerprint density at radius 1 is 1.00 bits per heavy atom. The predicted molar refractivity (Wildman–Crippen MR) is 138 cm³/mol. The molecule has 0 aliphatic carbocycles. The van der Waals surface area contributed by atoms with Gasteiger partial charge in [-0.15, -0.1) is 0 Å². The highest BCUT2D eigenvalue weighted by Crippen LogP contribution is 2.30. The van der Waals surface area contributed by atoms with Crippen molar-refractivity contribution in [3.05, 3.63) is 65.2 Å². The lowest BCUT2D eigenvalue weighted by Crippen LogP contribution is -2.45. The van der Waals surface area contributed by atoms with Crippen molar-refractivity contribution in [1.29, 1.82) is 5.26 Å². The quantitative estimate of drug-likeness (QED) is 0.619. The van der Waals surface area contributed by atoms with Crippen molar-refractivity contribution in [2.45, 2.75) is 49.9 Å². The summed E-state index contributed by atoms with van der Waals surface area (Å²) in [6.07, 6.45) is 2.07. The Labute approximate surface area is 218 Å². The number of carbonyl (C=O) groups is 2. The van der Waals surface area contributed by atoms with E-state index in [2.05, 4.69) is 6.07 Å². The van der Waals surface area contributed by atoms with Crippen molar-refractivity contribution >= 4 is 11.8 Å². The lowest BCUT2D eigenvalue weighted by Gasteiger charge is -2.36. The van der Waals surface area contributed by atoms with Gasteiger partial charge in [-0.05, 0) is 37.0 Å². The standard InChI is InChI=1S/C29H35N3O5/c1-31-15-14-23-12-13-25(35-3)26(37-23)19-36-28-21(17-30)10-7-11-24(28)29(34)32(2)18-22(16-27(31)33)20-8-5-4-6-9-20/h4-11,22-23,25-26H,12-16,18-19H2,1-3H3/t22-,23-,25+,26-/m1/s1. The third-order valence-electron chi connectivity index (χ3n) is 7.36. The van der Waals surface area contributed by atoms with Crippen LogP contribution >= 0.6 is 0 Å². The van der Waals surface area contributed by atoms with E-state index in [1.807, 2.05) is 37.4 Å². The van der Waals surface area contributed by atoms with Crippen LogP contribution in [-0.4, -0.2) is 80.8 Å². The van der Waals surface area contributed by atoms with Crippen LogP contribution in [0, 0.1) is 11.3 Å². The van der Waals surface area contributed by atoms with Crippen LogP contribution in [0.25, 0.3) is 0 Å². The van der Waals surface area contributed by atoms with Gasteiger partial charge in [-0.3, -0.25) is 9.59 Å². The van der Waals surface area contributed by atoms with Gasteiger partial charge in [0.05, 0.1) is 23.3 Å². The van der Waals surface area contributed by atoms with Gasteiger partial charge < -0.3 is 24.0 Å². The summed E-state index contributed by atoms with van der Waals surface area (Å²) >= 11 is 0. The molecule has 0 spiro atoms. The molecule has 1 fully saturated rings. The molecule has 2 aromatic carbocycles. The number of hydrogen-bond acceptors (Lipinski definition) is 6. The third kappa shape index (κ3) is 6.30. The van der Waals surface area contributed by atoms with Gasteiger partial charge in [0.25, 0.3) is 5.91 Å². The van der Waals surface area contributed by atoms with Crippen molar-refractivity contribution in [3.8, 4) is 11.8 Å².